The van der Waals surface area contributed by atoms with Crippen LogP contribution in [0.15, 0.2) is 388 Å². The molecular weight excluding hydrogens is 1210 g/mol. The third-order valence-electron chi connectivity index (χ3n) is 20.2. The SMILES string of the molecule is c1ccc(-c2cc(-c3ccccc3)cc(-n3c4ccccc4c4cc(-c5ccc6c(c5)c5ccccc5n6-c5ccccc5)ccc43)c2)cc1.c1ccc(-c2cccc(-n3c4ccccc4c4cc(-c5ccc6c(c5)c5ccccc5n6-c5cccc(-c6ccccc6)c5)ccc43)c2)cc1. The minimum absolute atomic E-state index is 1.15. The van der Waals surface area contributed by atoms with Crippen molar-refractivity contribution < 1.29 is 0 Å². The highest BCUT2D eigenvalue weighted by Gasteiger charge is 2.21. The molecule has 0 aliphatic rings. The van der Waals surface area contributed by atoms with Crippen molar-refractivity contribution in [2.24, 2.45) is 0 Å². The summed E-state index contributed by atoms with van der Waals surface area (Å²) in [6.45, 7) is 0. The highest BCUT2D eigenvalue weighted by atomic mass is 15.0. The fourth-order valence-corrected chi connectivity index (χ4v) is 15.5. The molecule has 4 heteroatoms. The van der Waals surface area contributed by atoms with Gasteiger partial charge >= 0.3 is 0 Å². The number of nitrogens with zero attached hydrogens (tertiary/aromatic N) is 4. The molecule has 0 fully saturated rings. The van der Waals surface area contributed by atoms with Crippen LogP contribution in [-0.2, 0) is 0 Å². The van der Waals surface area contributed by atoms with E-state index < -0.39 is 0 Å². The van der Waals surface area contributed by atoms with Gasteiger partial charge in [-0.2, -0.15) is 0 Å². The highest BCUT2D eigenvalue weighted by Crippen LogP contribution is 2.43. The maximum atomic E-state index is 2.43. The maximum Gasteiger partial charge on any atom is 0.0541 e. The minimum Gasteiger partial charge on any atom is -0.309 e. The van der Waals surface area contributed by atoms with E-state index in [1.54, 1.807) is 0 Å². The van der Waals surface area contributed by atoms with Crippen LogP contribution < -0.4 is 0 Å². The Hall–Kier alpha value is -13.3. The third kappa shape index (κ3) is 10.1. The molecular formula is C96H64N4. The lowest BCUT2D eigenvalue weighted by Gasteiger charge is -2.14. The van der Waals surface area contributed by atoms with E-state index in [2.05, 4.69) is 407 Å². The van der Waals surface area contributed by atoms with Gasteiger partial charge in [0.25, 0.3) is 0 Å². The number of fused-ring (bicyclic) bond motifs is 12. The van der Waals surface area contributed by atoms with E-state index in [1.165, 1.54) is 160 Å². The zero-order chi connectivity index (χ0) is 66.0. The molecule has 100 heavy (non-hydrogen) atoms. The smallest absolute Gasteiger partial charge is 0.0541 e. The molecule has 0 N–H and O–H groups in total. The summed E-state index contributed by atoms with van der Waals surface area (Å²) in [5.41, 5.74) is 28.8. The van der Waals surface area contributed by atoms with Crippen LogP contribution in [0.25, 0.3) is 177 Å². The van der Waals surface area contributed by atoms with Crippen LogP contribution in [0.2, 0.25) is 0 Å². The molecule has 20 aromatic rings. The van der Waals surface area contributed by atoms with E-state index in [0.29, 0.717) is 0 Å². The Bertz CT molecular complexity index is 6240. The number of benzene rings is 16. The van der Waals surface area contributed by atoms with Gasteiger partial charge in [-0.05, 0) is 194 Å². The quantitative estimate of drug-likeness (QED) is 0.130. The topological polar surface area (TPSA) is 19.7 Å². The molecule has 0 saturated carbocycles. The molecule has 0 amide bonds. The third-order valence-corrected chi connectivity index (χ3v) is 20.2. The van der Waals surface area contributed by atoms with Crippen molar-refractivity contribution in [1.82, 2.24) is 18.3 Å². The Labute approximate surface area is 579 Å². The fraction of sp³-hybridized carbons (Fsp3) is 0. The summed E-state index contributed by atoms with van der Waals surface area (Å²) in [5, 5.41) is 10.0. The Kier molecular flexibility index (Phi) is 14.2. The van der Waals surface area contributed by atoms with Crippen LogP contribution >= 0.6 is 0 Å². The lowest BCUT2D eigenvalue weighted by molar-refractivity contribution is 1.18. The largest absolute Gasteiger partial charge is 0.309 e. The van der Waals surface area contributed by atoms with E-state index in [9.17, 15) is 0 Å². The monoisotopic (exact) mass is 1270 g/mol. The molecule has 0 spiro atoms. The zero-order valence-corrected chi connectivity index (χ0v) is 54.7. The van der Waals surface area contributed by atoms with Gasteiger partial charge in [0.1, 0.15) is 0 Å². The van der Waals surface area contributed by atoms with Gasteiger partial charge in [-0.3, -0.25) is 0 Å². The van der Waals surface area contributed by atoms with Gasteiger partial charge in [0.2, 0.25) is 0 Å². The molecule has 4 aromatic heterocycles. The number of hydrogen-bond donors (Lipinski definition) is 0. The summed E-state index contributed by atoms with van der Waals surface area (Å²) in [7, 11) is 0. The predicted molar refractivity (Wildman–Crippen MR) is 423 cm³/mol. The first-order chi connectivity index (χ1) is 49.6. The normalized spacial score (nSPS) is 11.6. The average molecular weight is 1270 g/mol. The van der Waals surface area contributed by atoms with Crippen LogP contribution in [0.5, 0.6) is 0 Å². The van der Waals surface area contributed by atoms with Crippen molar-refractivity contribution in [1.29, 1.82) is 0 Å². The number of hydrogen-bond acceptors (Lipinski definition) is 0. The van der Waals surface area contributed by atoms with E-state index in [1.807, 2.05) is 0 Å². The molecule has 4 nitrogen and oxygen atoms in total. The molecule has 0 aliphatic heterocycles. The molecule has 0 atom stereocenters. The summed E-state index contributed by atoms with van der Waals surface area (Å²) >= 11 is 0. The van der Waals surface area contributed by atoms with Gasteiger partial charge in [0.15, 0.2) is 0 Å². The Morgan fingerprint density at radius 3 is 0.660 bits per heavy atom. The second kappa shape index (κ2) is 24.4. The standard InChI is InChI=1S/2C48H32N2/c1-4-14-33(15-5-1)37-28-38(34-16-6-2-7-17-34)30-40(29-37)50-46-23-13-11-21-42(46)44-32-36(25-27-48(44)50)35-24-26-47-43(31-35)41-20-10-12-22-45(41)49(47)39-18-8-3-9-19-39;1-3-13-33(14-4-1)35-17-11-19-39(29-35)49-45-23-9-7-21-41(45)43-31-37(25-27-47(43)49)38-26-28-48-44(32-38)42-22-8-10-24-46(42)50(48)40-20-12-18-36(30-40)34-15-5-2-6-16-34/h2*1-32H. The van der Waals surface area contributed by atoms with Crippen molar-refractivity contribution in [2.75, 3.05) is 0 Å². The van der Waals surface area contributed by atoms with E-state index in [0.717, 1.165) is 17.1 Å². The first-order valence-electron chi connectivity index (χ1n) is 34.4. The molecule has 468 valence electrons. The molecule has 0 bridgehead atoms. The predicted octanol–water partition coefficient (Wildman–Crippen LogP) is 25.8. The first-order valence-corrected chi connectivity index (χ1v) is 34.4. The summed E-state index contributed by atoms with van der Waals surface area (Å²) in [5.74, 6) is 0. The Morgan fingerprint density at radius 1 is 0.110 bits per heavy atom. The maximum absolute atomic E-state index is 2.43. The lowest BCUT2D eigenvalue weighted by atomic mass is 9.98. The minimum atomic E-state index is 1.15. The molecule has 0 aliphatic carbocycles. The zero-order valence-electron chi connectivity index (χ0n) is 54.7. The lowest BCUT2D eigenvalue weighted by Crippen LogP contribution is -1.96. The Balaban J connectivity index is 0.000000139. The second-order valence-corrected chi connectivity index (χ2v) is 26.0. The molecule has 20 rings (SSSR count). The first kappa shape index (κ1) is 58.1. The molecule has 0 unspecified atom stereocenters. The molecule has 16 aromatic carbocycles. The van der Waals surface area contributed by atoms with Crippen molar-refractivity contribution >= 4 is 87.2 Å². The number of rotatable bonds is 10. The van der Waals surface area contributed by atoms with Gasteiger partial charge in [0.05, 0.1) is 44.1 Å². The highest BCUT2D eigenvalue weighted by molar-refractivity contribution is 6.15. The van der Waals surface area contributed by atoms with Gasteiger partial charge in [-0.25, -0.2) is 0 Å². The van der Waals surface area contributed by atoms with Crippen LogP contribution in [0.4, 0.5) is 0 Å². The molecule has 0 saturated heterocycles. The summed E-state index contributed by atoms with van der Waals surface area (Å²) < 4.78 is 9.62. The number of para-hydroxylation sites is 5. The van der Waals surface area contributed by atoms with Crippen LogP contribution in [0.3, 0.4) is 0 Å². The van der Waals surface area contributed by atoms with Gasteiger partial charge in [0, 0.05) is 65.8 Å². The van der Waals surface area contributed by atoms with E-state index in [-0.39, 0.29) is 0 Å². The van der Waals surface area contributed by atoms with Crippen LogP contribution in [0, 0.1) is 0 Å². The fourth-order valence-electron chi connectivity index (χ4n) is 15.5. The van der Waals surface area contributed by atoms with Crippen molar-refractivity contribution in [3.8, 4) is 89.5 Å². The summed E-state index contributed by atoms with van der Waals surface area (Å²) in [6, 6.07) is 141. The average Bonchev–Trinajstić information content (AvgIpc) is 1.59. The van der Waals surface area contributed by atoms with E-state index >= 15 is 0 Å². The van der Waals surface area contributed by atoms with Gasteiger partial charge < -0.3 is 18.3 Å². The Morgan fingerprint density at radius 2 is 0.330 bits per heavy atom. The molecule has 0 radical (unpaired) electrons. The van der Waals surface area contributed by atoms with Crippen LogP contribution in [0.1, 0.15) is 0 Å². The number of aromatic nitrogens is 4. The van der Waals surface area contributed by atoms with Crippen molar-refractivity contribution in [2.45, 2.75) is 0 Å². The van der Waals surface area contributed by atoms with Gasteiger partial charge in [-0.1, -0.05) is 261 Å². The second-order valence-electron chi connectivity index (χ2n) is 26.0. The van der Waals surface area contributed by atoms with Crippen LogP contribution in [-0.4, -0.2) is 18.3 Å². The summed E-state index contributed by atoms with van der Waals surface area (Å²) in [4.78, 5) is 0. The van der Waals surface area contributed by atoms with Gasteiger partial charge in [-0.15, -0.1) is 0 Å². The molecule has 4 heterocycles. The van der Waals surface area contributed by atoms with E-state index in [4.69, 9.17) is 0 Å². The summed E-state index contributed by atoms with van der Waals surface area (Å²) in [6.07, 6.45) is 0. The van der Waals surface area contributed by atoms with Crippen molar-refractivity contribution in [3.63, 3.8) is 0 Å². The van der Waals surface area contributed by atoms with Crippen molar-refractivity contribution in [3.05, 3.63) is 388 Å².